The Hall–Kier alpha value is -2.30. The molecule has 2 aromatic rings. The van der Waals surface area contributed by atoms with Crippen molar-refractivity contribution in [1.29, 1.82) is 5.26 Å². The second-order valence-electron chi connectivity index (χ2n) is 5.06. The highest BCUT2D eigenvalue weighted by Crippen LogP contribution is 2.23. The van der Waals surface area contributed by atoms with Crippen LogP contribution in [0.25, 0.3) is 0 Å². The third-order valence-electron chi connectivity index (χ3n) is 3.29. The van der Waals surface area contributed by atoms with Crippen LogP contribution in [0.2, 0.25) is 5.02 Å². The highest BCUT2D eigenvalue weighted by molar-refractivity contribution is 8.00. The molecule has 1 aromatic carbocycles. The van der Waals surface area contributed by atoms with E-state index in [4.69, 9.17) is 16.9 Å². The van der Waals surface area contributed by atoms with Crippen LogP contribution in [0, 0.1) is 18.3 Å². The summed E-state index contributed by atoms with van der Waals surface area (Å²) in [6, 6.07) is 9.00. The van der Waals surface area contributed by atoms with Crippen LogP contribution in [0.5, 0.6) is 0 Å². The Labute approximate surface area is 148 Å². The van der Waals surface area contributed by atoms with E-state index in [0.717, 1.165) is 17.3 Å². The van der Waals surface area contributed by atoms with Gasteiger partial charge in [-0.25, -0.2) is 4.79 Å². The smallest absolute Gasteiger partial charge is 0.346 e. The minimum absolute atomic E-state index is 0.0410. The molecule has 8 heteroatoms. The van der Waals surface area contributed by atoms with Crippen LogP contribution in [-0.4, -0.2) is 21.6 Å². The van der Waals surface area contributed by atoms with Crippen LogP contribution in [0.3, 0.4) is 0 Å². The fourth-order valence-electron chi connectivity index (χ4n) is 2.12. The maximum Gasteiger partial charge on any atom is 0.346 e. The number of aromatic amines is 1. The molecule has 0 saturated carbocycles. The molecule has 2 rings (SSSR count). The van der Waals surface area contributed by atoms with Crippen molar-refractivity contribution in [2.24, 2.45) is 0 Å². The maximum absolute atomic E-state index is 12.1. The number of benzene rings is 1. The number of rotatable bonds is 5. The lowest BCUT2D eigenvalue weighted by molar-refractivity contribution is -0.119. The molecule has 1 unspecified atom stereocenters. The number of hydrogen-bond donors (Lipinski definition) is 2. The van der Waals surface area contributed by atoms with E-state index in [-0.39, 0.29) is 28.3 Å². The van der Waals surface area contributed by atoms with Crippen molar-refractivity contribution in [3.05, 3.63) is 56.6 Å². The van der Waals surface area contributed by atoms with Crippen molar-refractivity contribution >= 4 is 29.3 Å². The number of hydrogen-bond acceptors (Lipinski definition) is 5. The fourth-order valence-corrected chi connectivity index (χ4v) is 3.26. The van der Waals surface area contributed by atoms with Crippen LogP contribution in [0.1, 0.15) is 29.8 Å². The molecule has 0 fully saturated rings. The average molecular weight is 363 g/mol. The Kier molecular flexibility index (Phi) is 6.01. The first-order valence-electron chi connectivity index (χ1n) is 7.10. The van der Waals surface area contributed by atoms with Gasteiger partial charge >= 0.3 is 5.69 Å². The summed E-state index contributed by atoms with van der Waals surface area (Å²) in [6.45, 7) is 3.45. The van der Waals surface area contributed by atoms with Gasteiger partial charge in [-0.05, 0) is 25.5 Å². The van der Waals surface area contributed by atoms with Gasteiger partial charge in [-0.3, -0.25) is 4.79 Å². The number of aryl methyl sites for hydroxylation is 1. The van der Waals surface area contributed by atoms with Crippen molar-refractivity contribution in [3.8, 4) is 6.07 Å². The quantitative estimate of drug-likeness (QED) is 0.629. The molecule has 1 aromatic heterocycles. The minimum Gasteiger partial charge on any atom is -0.349 e. The van der Waals surface area contributed by atoms with E-state index < -0.39 is 5.69 Å². The van der Waals surface area contributed by atoms with Gasteiger partial charge in [0.2, 0.25) is 5.91 Å². The zero-order valence-corrected chi connectivity index (χ0v) is 14.7. The van der Waals surface area contributed by atoms with Crippen molar-refractivity contribution in [2.45, 2.75) is 24.9 Å². The van der Waals surface area contributed by atoms with Crippen molar-refractivity contribution in [2.75, 3.05) is 5.75 Å². The van der Waals surface area contributed by atoms with E-state index in [2.05, 4.69) is 15.3 Å². The molecule has 0 radical (unpaired) electrons. The first-order valence-corrected chi connectivity index (χ1v) is 8.46. The molecule has 0 aliphatic heterocycles. The lowest BCUT2D eigenvalue weighted by Gasteiger charge is -2.15. The predicted molar refractivity (Wildman–Crippen MR) is 93.0 cm³/mol. The second-order valence-corrected chi connectivity index (χ2v) is 6.43. The van der Waals surface area contributed by atoms with Gasteiger partial charge in [0.1, 0.15) is 16.7 Å². The highest BCUT2D eigenvalue weighted by atomic mass is 35.5. The number of nitriles is 1. The van der Waals surface area contributed by atoms with Crippen LogP contribution in [0.15, 0.2) is 34.1 Å². The summed E-state index contributed by atoms with van der Waals surface area (Å²) in [5.41, 5.74) is 0.982. The molecule has 1 atom stereocenters. The molecule has 0 saturated heterocycles. The van der Waals surface area contributed by atoms with E-state index in [0.29, 0.717) is 10.7 Å². The van der Waals surface area contributed by atoms with Gasteiger partial charge in [-0.2, -0.15) is 10.2 Å². The standard InChI is InChI=1S/C16H15ClN4O2S/c1-9(11-5-3-4-6-13(11)17)19-14(22)8-24-15-12(7-18)10(2)20-16(23)21-15/h3-6,9H,8H2,1-2H3,(H,19,22)(H,20,21,23). The summed E-state index contributed by atoms with van der Waals surface area (Å²) in [5.74, 6) is -0.199. The van der Waals surface area contributed by atoms with Crippen LogP contribution < -0.4 is 11.0 Å². The van der Waals surface area contributed by atoms with Crippen LogP contribution in [-0.2, 0) is 4.79 Å². The normalized spacial score (nSPS) is 11.6. The largest absolute Gasteiger partial charge is 0.349 e. The van der Waals surface area contributed by atoms with Gasteiger partial charge in [0.25, 0.3) is 0 Å². The Morgan fingerprint density at radius 3 is 2.88 bits per heavy atom. The van der Waals surface area contributed by atoms with Crippen LogP contribution in [0.4, 0.5) is 0 Å². The van der Waals surface area contributed by atoms with Crippen LogP contribution >= 0.6 is 23.4 Å². The average Bonchev–Trinajstić information content (AvgIpc) is 2.52. The molecule has 0 bridgehead atoms. The molecule has 1 amide bonds. The number of amides is 1. The molecule has 124 valence electrons. The molecular weight excluding hydrogens is 348 g/mol. The van der Waals surface area contributed by atoms with Crippen molar-refractivity contribution < 1.29 is 4.79 Å². The Morgan fingerprint density at radius 1 is 1.50 bits per heavy atom. The molecule has 24 heavy (non-hydrogen) atoms. The summed E-state index contributed by atoms with van der Waals surface area (Å²) in [6.07, 6.45) is 0. The number of carbonyl (C=O) groups excluding carboxylic acids is 1. The molecule has 0 aliphatic carbocycles. The Bertz CT molecular complexity index is 860. The van der Waals surface area contributed by atoms with E-state index in [1.54, 1.807) is 13.0 Å². The third kappa shape index (κ3) is 4.37. The number of carbonyl (C=O) groups is 1. The zero-order chi connectivity index (χ0) is 17.7. The summed E-state index contributed by atoms with van der Waals surface area (Å²) < 4.78 is 0. The number of nitrogens with one attached hydrogen (secondary N) is 2. The van der Waals surface area contributed by atoms with E-state index in [1.165, 1.54) is 0 Å². The Balaban J connectivity index is 2.03. The zero-order valence-electron chi connectivity index (χ0n) is 13.1. The summed E-state index contributed by atoms with van der Waals surface area (Å²) in [7, 11) is 0. The summed E-state index contributed by atoms with van der Waals surface area (Å²) in [4.78, 5) is 29.7. The Morgan fingerprint density at radius 2 is 2.21 bits per heavy atom. The predicted octanol–water partition coefficient (Wildman–Crippen LogP) is 2.57. The van der Waals surface area contributed by atoms with Gasteiger partial charge in [-0.15, -0.1) is 0 Å². The lowest BCUT2D eigenvalue weighted by Crippen LogP contribution is -2.28. The van der Waals surface area contributed by atoms with Gasteiger partial charge in [-0.1, -0.05) is 41.6 Å². The lowest BCUT2D eigenvalue weighted by atomic mass is 10.1. The van der Waals surface area contributed by atoms with Gasteiger partial charge < -0.3 is 10.3 Å². The first-order chi connectivity index (χ1) is 11.4. The molecule has 2 N–H and O–H groups in total. The van der Waals surface area contributed by atoms with Crippen molar-refractivity contribution in [3.63, 3.8) is 0 Å². The summed E-state index contributed by atoms with van der Waals surface area (Å²) in [5, 5.41) is 12.8. The monoisotopic (exact) mass is 362 g/mol. The topological polar surface area (TPSA) is 98.6 Å². The first kappa shape index (κ1) is 18.0. The van der Waals surface area contributed by atoms with E-state index in [9.17, 15) is 9.59 Å². The molecule has 0 spiro atoms. The third-order valence-corrected chi connectivity index (χ3v) is 4.61. The van der Waals surface area contributed by atoms with Gasteiger partial charge in [0.05, 0.1) is 11.8 Å². The summed E-state index contributed by atoms with van der Waals surface area (Å²) >= 11 is 7.16. The van der Waals surface area contributed by atoms with Gasteiger partial charge in [0.15, 0.2) is 0 Å². The van der Waals surface area contributed by atoms with E-state index in [1.807, 2.05) is 31.2 Å². The van der Waals surface area contributed by atoms with Crippen molar-refractivity contribution in [1.82, 2.24) is 15.3 Å². The number of aromatic nitrogens is 2. The number of nitrogens with zero attached hydrogens (tertiary/aromatic N) is 2. The second kappa shape index (κ2) is 7.99. The fraction of sp³-hybridized carbons (Fsp3) is 0.250. The molecule has 0 aliphatic rings. The molecule has 1 heterocycles. The molecular formula is C16H15ClN4O2S. The number of H-pyrrole nitrogens is 1. The SMILES string of the molecule is Cc1[nH]c(=O)nc(SCC(=O)NC(C)c2ccccc2Cl)c1C#N. The number of halogens is 1. The molecule has 6 nitrogen and oxygen atoms in total. The maximum atomic E-state index is 12.1. The highest BCUT2D eigenvalue weighted by Gasteiger charge is 2.15. The van der Waals surface area contributed by atoms with Gasteiger partial charge in [0, 0.05) is 10.7 Å². The van der Waals surface area contributed by atoms with E-state index >= 15 is 0 Å². The number of thioether (sulfide) groups is 1. The minimum atomic E-state index is -0.543.